The van der Waals surface area contributed by atoms with Gasteiger partial charge in [-0.05, 0) is 17.5 Å². The van der Waals surface area contributed by atoms with Crippen LogP contribution in [0.15, 0.2) is 60.7 Å². The van der Waals surface area contributed by atoms with Crippen LogP contribution in [0.1, 0.15) is 17.5 Å². The first-order valence-corrected chi connectivity index (χ1v) is 8.18. The fourth-order valence-electron chi connectivity index (χ4n) is 2.90. The van der Waals surface area contributed by atoms with Crippen molar-refractivity contribution in [3.05, 3.63) is 71.8 Å². The van der Waals surface area contributed by atoms with Gasteiger partial charge in [-0.1, -0.05) is 60.7 Å². The second-order valence-corrected chi connectivity index (χ2v) is 6.68. The Labute approximate surface area is 125 Å². The topological polar surface area (TPSA) is 55.4 Å². The van der Waals surface area contributed by atoms with Crippen LogP contribution < -0.4 is 4.72 Å². The summed E-state index contributed by atoms with van der Waals surface area (Å²) in [6.07, 6.45) is 0.726. The SMILES string of the molecule is COS(=O)(=O)N[C@H]1CC1(c1ccccc1)c1ccccc1. The molecule has 21 heavy (non-hydrogen) atoms. The van der Waals surface area contributed by atoms with Gasteiger partial charge in [0.05, 0.1) is 7.11 Å². The smallest absolute Gasteiger partial charge is 0.261 e. The number of rotatable bonds is 5. The lowest BCUT2D eigenvalue weighted by Gasteiger charge is -2.19. The molecule has 2 aromatic carbocycles. The van der Waals surface area contributed by atoms with Crippen LogP contribution in [0.2, 0.25) is 0 Å². The van der Waals surface area contributed by atoms with E-state index in [4.69, 9.17) is 0 Å². The molecule has 0 unspecified atom stereocenters. The maximum Gasteiger partial charge on any atom is 0.335 e. The summed E-state index contributed by atoms with van der Waals surface area (Å²) in [6, 6.07) is 19.8. The molecule has 1 aliphatic rings. The summed E-state index contributed by atoms with van der Waals surface area (Å²) < 4.78 is 30.5. The molecular weight excluding hydrogens is 286 g/mol. The normalized spacial score (nSPS) is 20.1. The summed E-state index contributed by atoms with van der Waals surface area (Å²) in [4.78, 5) is 0. The fraction of sp³-hybridized carbons (Fsp3) is 0.250. The quantitative estimate of drug-likeness (QED) is 0.921. The van der Waals surface area contributed by atoms with Crippen LogP contribution in [0.4, 0.5) is 0 Å². The Hall–Kier alpha value is -1.69. The molecule has 2 aromatic rings. The van der Waals surface area contributed by atoms with E-state index in [-0.39, 0.29) is 11.5 Å². The molecule has 0 aliphatic heterocycles. The molecule has 1 N–H and O–H groups in total. The highest BCUT2D eigenvalue weighted by Crippen LogP contribution is 2.53. The van der Waals surface area contributed by atoms with Crippen molar-refractivity contribution >= 4 is 10.3 Å². The van der Waals surface area contributed by atoms with Gasteiger partial charge < -0.3 is 0 Å². The maximum atomic E-state index is 11.7. The zero-order chi connectivity index (χ0) is 14.9. The molecule has 0 bridgehead atoms. The summed E-state index contributed by atoms with van der Waals surface area (Å²) in [6.45, 7) is 0. The molecule has 1 atom stereocenters. The van der Waals surface area contributed by atoms with Crippen LogP contribution in [-0.4, -0.2) is 21.6 Å². The first-order chi connectivity index (χ1) is 10.1. The Bertz CT molecular complexity index is 674. The molecule has 0 radical (unpaired) electrons. The van der Waals surface area contributed by atoms with Gasteiger partial charge in [0.2, 0.25) is 0 Å². The highest BCUT2D eigenvalue weighted by atomic mass is 32.2. The summed E-state index contributed by atoms with van der Waals surface area (Å²) in [5, 5.41) is 0. The minimum atomic E-state index is -3.69. The van der Waals surface area contributed by atoms with Gasteiger partial charge in [0.15, 0.2) is 0 Å². The highest BCUT2D eigenvalue weighted by Gasteiger charge is 2.57. The molecule has 1 saturated carbocycles. The van der Waals surface area contributed by atoms with Gasteiger partial charge in [-0.2, -0.15) is 13.1 Å². The Morgan fingerprint density at radius 1 is 1.00 bits per heavy atom. The average molecular weight is 303 g/mol. The molecule has 5 heteroatoms. The van der Waals surface area contributed by atoms with E-state index >= 15 is 0 Å². The standard InChI is InChI=1S/C16H17NO3S/c1-20-21(18,19)17-15-12-16(15,13-8-4-2-5-9-13)14-10-6-3-7-11-14/h2-11,15,17H,12H2,1H3/t15-/m0/s1. The molecular formula is C16H17NO3S. The highest BCUT2D eigenvalue weighted by molar-refractivity contribution is 7.84. The van der Waals surface area contributed by atoms with Crippen molar-refractivity contribution in [3.63, 3.8) is 0 Å². The van der Waals surface area contributed by atoms with E-state index in [0.29, 0.717) is 0 Å². The van der Waals surface area contributed by atoms with Crippen LogP contribution in [-0.2, 0) is 19.9 Å². The third-order valence-electron chi connectivity index (χ3n) is 4.04. The van der Waals surface area contributed by atoms with Crippen molar-refractivity contribution in [2.45, 2.75) is 17.9 Å². The molecule has 0 aromatic heterocycles. The van der Waals surface area contributed by atoms with E-state index in [2.05, 4.69) is 8.91 Å². The largest absolute Gasteiger partial charge is 0.335 e. The van der Waals surface area contributed by atoms with Crippen molar-refractivity contribution in [2.75, 3.05) is 7.11 Å². The zero-order valence-electron chi connectivity index (χ0n) is 11.7. The Balaban J connectivity index is 2.00. The fourth-order valence-corrected chi connectivity index (χ4v) is 3.63. The van der Waals surface area contributed by atoms with Crippen molar-refractivity contribution in [2.24, 2.45) is 0 Å². The first kappa shape index (κ1) is 14.3. The lowest BCUT2D eigenvalue weighted by Crippen LogP contribution is -2.32. The van der Waals surface area contributed by atoms with Crippen LogP contribution in [0, 0.1) is 0 Å². The minimum Gasteiger partial charge on any atom is -0.261 e. The number of benzene rings is 2. The third kappa shape index (κ3) is 2.60. The molecule has 110 valence electrons. The van der Waals surface area contributed by atoms with E-state index in [1.54, 1.807) is 0 Å². The van der Waals surface area contributed by atoms with E-state index in [0.717, 1.165) is 24.7 Å². The lowest BCUT2D eigenvalue weighted by molar-refractivity contribution is 0.385. The van der Waals surface area contributed by atoms with Gasteiger partial charge in [-0.15, -0.1) is 0 Å². The van der Waals surface area contributed by atoms with Gasteiger partial charge in [0.25, 0.3) is 0 Å². The van der Waals surface area contributed by atoms with Crippen LogP contribution in [0.3, 0.4) is 0 Å². The van der Waals surface area contributed by atoms with Gasteiger partial charge in [-0.25, -0.2) is 0 Å². The summed E-state index contributed by atoms with van der Waals surface area (Å²) >= 11 is 0. The van der Waals surface area contributed by atoms with Crippen LogP contribution >= 0.6 is 0 Å². The van der Waals surface area contributed by atoms with Crippen molar-refractivity contribution < 1.29 is 12.6 Å². The van der Waals surface area contributed by atoms with Crippen LogP contribution in [0.5, 0.6) is 0 Å². The van der Waals surface area contributed by atoms with Crippen molar-refractivity contribution in [1.82, 2.24) is 4.72 Å². The minimum absolute atomic E-state index is 0.188. The Morgan fingerprint density at radius 3 is 1.90 bits per heavy atom. The average Bonchev–Trinajstić information content (AvgIpc) is 3.23. The van der Waals surface area contributed by atoms with Gasteiger partial charge >= 0.3 is 10.3 Å². The van der Waals surface area contributed by atoms with Gasteiger partial charge in [0.1, 0.15) is 0 Å². The van der Waals surface area contributed by atoms with Gasteiger partial charge in [-0.3, -0.25) is 4.18 Å². The van der Waals surface area contributed by atoms with E-state index in [1.165, 1.54) is 0 Å². The summed E-state index contributed by atoms with van der Waals surface area (Å²) in [7, 11) is -2.53. The van der Waals surface area contributed by atoms with Crippen molar-refractivity contribution in [1.29, 1.82) is 0 Å². The molecule has 0 spiro atoms. The van der Waals surface area contributed by atoms with E-state index in [9.17, 15) is 8.42 Å². The zero-order valence-corrected chi connectivity index (χ0v) is 12.5. The predicted molar refractivity (Wildman–Crippen MR) is 81.1 cm³/mol. The van der Waals surface area contributed by atoms with Crippen LogP contribution in [0.25, 0.3) is 0 Å². The number of nitrogens with one attached hydrogen (secondary N) is 1. The van der Waals surface area contributed by atoms with E-state index in [1.807, 2.05) is 60.7 Å². The molecule has 0 amide bonds. The number of hydrogen-bond acceptors (Lipinski definition) is 3. The third-order valence-corrected chi connectivity index (χ3v) is 5.06. The molecule has 0 heterocycles. The molecule has 3 rings (SSSR count). The monoisotopic (exact) mass is 303 g/mol. The Morgan fingerprint density at radius 2 is 1.48 bits per heavy atom. The summed E-state index contributed by atoms with van der Waals surface area (Å²) in [5.74, 6) is 0. The lowest BCUT2D eigenvalue weighted by atomic mass is 9.87. The maximum absolute atomic E-state index is 11.7. The van der Waals surface area contributed by atoms with Crippen molar-refractivity contribution in [3.8, 4) is 0 Å². The predicted octanol–water partition coefficient (Wildman–Crippen LogP) is 2.23. The first-order valence-electron chi connectivity index (χ1n) is 6.77. The second kappa shape index (κ2) is 5.26. The molecule has 1 fully saturated rings. The van der Waals surface area contributed by atoms with Gasteiger partial charge in [0, 0.05) is 11.5 Å². The molecule has 1 aliphatic carbocycles. The second-order valence-electron chi connectivity index (χ2n) is 5.20. The molecule has 0 saturated heterocycles. The summed E-state index contributed by atoms with van der Waals surface area (Å²) in [5.41, 5.74) is 1.91. The number of hydrogen-bond donors (Lipinski definition) is 1. The van der Waals surface area contributed by atoms with E-state index < -0.39 is 10.3 Å². The Kier molecular flexibility index (Phi) is 3.57. The molecule has 4 nitrogen and oxygen atoms in total.